The summed E-state index contributed by atoms with van der Waals surface area (Å²) < 4.78 is 39.3. The number of halogens is 3. The van der Waals surface area contributed by atoms with Crippen LogP contribution in [0.2, 0.25) is 0 Å². The first-order chi connectivity index (χ1) is 12.0. The maximum atomic E-state index is 13.1. The van der Waals surface area contributed by atoms with Crippen LogP contribution in [0.1, 0.15) is 51.7 Å². The fourth-order valence-corrected chi connectivity index (χ4v) is 2.52. The molecule has 0 spiro atoms. The van der Waals surface area contributed by atoms with E-state index in [9.17, 15) is 18.3 Å². The second-order valence-corrected chi connectivity index (χ2v) is 6.54. The molecule has 0 aliphatic carbocycles. The predicted molar refractivity (Wildman–Crippen MR) is 98.9 cm³/mol. The molecule has 1 rings (SSSR count). The number of alkyl halides is 3. The van der Waals surface area contributed by atoms with Gasteiger partial charge in [0, 0.05) is 24.6 Å². The zero-order valence-electron chi connectivity index (χ0n) is 15.8. The lowest BCUT2D eigenvalue weighted by Gasteiger charge is -2.29. The number of hydrogen-bond donors (Lipinski definition) is 2. The van der Waals surface area contributed by atoms with Crippen molar-refractivity contribution in [2.45, 2.75) is 52.8 Å². The summed E-state index contributed by atoms with van der Waals surface area (Å²) in [4.78, 5) is 5.50. The Labute approximate surface area is 153 Å². The van der Waals surface area contributed by atoms with Gasteiger partial charge in [-0.15, -0.1) is 0 Å². The molecular weight excluding hydrogens is 343 g/mol. The lowest BCUT2D eigenvalue weighted by Crippen LogP contribution is -2.29. The first kappa shape index (κ1) is 22.0. The average molecular weight is 371 g/mol. The summed E-state index contributed by atoms with van der Waals surface area (Å²) in [6.07, 6.45) is -0.923. The highest BCUT2D eigenvalue weighted by Gasteiger charge is 2.34. The Kier molecular flexibility index (Phi) is 7.68. The van der Waals surface area contributed by atoms with Crippen molar-refractivity contribution in [2.24, 2.45) is 5.92 Å². The van der Waals surface area contributed by atoms with E-state index in [-0.39, 0.29) is 5.92 Å². The van der Waals surface area contributed by atoms with E-state index >= 15 is 0 Å². The third-order valence-corrected chi connectivity index (χ3v) is 4.09. The SMILES string of the molecule is C=C(C(O)C(C)C)N(/C=C(\CC)c1cnc(N)c(C(F)(F)F)c1)CCC. The van der Waals surface area contributed by atoms with Gasteiger partial charge in [-0.25, -0.2) is 4.98 Å². The van der Waals surface area contributed by atoms with Gasteiger partial charge in [-0.1, -0.05) is 34.3 Å². The number of nitrogens with zero attached hydrogens (tertiary/aromatic N) is 2. The number of rotatable bonds is 8. The summed E-state index contributed by atoms with van der Waals surface area (Å²) in [7, 11) is 0. The highest BCUT2D eigenvalue weighted by molar-refractivity contribution is 5.67. The molecule has 26 heavy (non-hydrogen) atoms. The molecule has 1 heterocycles. The predicted octanol–water partition coefficient (Wildman–Crippen LogP) is 4.68. The average Bonchev–Trinajstić information content (AvgIpc) is 2.56. The third kappa shape index (κ3) is 5.49. The number of aliphatic hydroxyl groups is 1. The molecule has 1 atom stereocenters. The van der Waals surface area contributed by atoms with Crippen molar-refractivity contribution in [3.63, 3.8) is 0 Å². The molecule has 3 N–H and O–H groups in total. The van der Waals surface area contributed by atoms with Gasteiger partial charge in [0.2, 0.25) is 0 Å². The van der Waals surface area contributed by atoms with Crippen LogP contribution in [0.5, 0.6) is 0 Å². The van der Waals surface area contributed by atoms with E-state index in [0.29, 0.717) is 29.8 Å². The molecule has 1 aromatic rings. The van der Waals surface area contributed by atoms with Gasteiger partial charge in [0.25, 0.3) is 0 Å². The summed E-state index contributed by atoms with van der Waals surface area (Å²) in [5, 5.41) is 10.3. The van der Waals surface area contributed by atoms with Gasteiger partial charge < -0.3 is 15.7 Å². The fraction of sp³-hybridized carbons (Fsp3) is 0.526. The molecule has 0 aromatic carbocycles. The van der Waals surface area contributed by atoms with Crippen molar-refractivity contribution in [1.82, 2.24) is 9.88 Å². The Bertz CT molecular complexity index is 654. The Morgan fingerprint density at radius 2 is 2.00 bits per heavy atom. The minimum absolute atomic E-state index is 0.0182. The lowest BCUT2D eigenvalue weighted by atomic mass is 10.0. The molecule has 4 nitrogen and oxygen atoms in total. The van der Waals surface area contributed by atoms with Gasteiger partial charge in [0.15, 0.2) is 0 Å². The molecule has 0 saturated heterocycles. The van der Waals surface area contributed by atoms with Gasteiger partial charge in [-0.05, 0) is 36.0 Å². The van der Waals surface area contributed by atoms with Crippen LogP contribution >= 0.6 is 0 Å². The van der Waals surface area contributed by atoms with E-state index in [2.05, 4.69) is 11.6 Å². The quantitative estimate of drug-likeness (QED) is 0.697. The molecular formula is C19H28F3N3O. The van der Waals surface area contributed by atoms with E-state index in [1.165, 1.54) is 6.20 Å². The Morgan fingerprint density at radius 1 is 1.38 bits per heavy atom. The monoisotopic (exact) mass is 371 g/mol. The van der Waals surface area contributed by atoms with E-state index in [1.807, 2.05) is 27.7 Å². The number of anilines is 1. The van der Waals surface area contributed by atoms with Crippen LogP contribution in [-0.4, -0.2) is 27.6 Å². The molecule has 0 fully saturated rings. The molecule has 0 saturated carbocycles. The van der Waals surface area contributed by atoms with E-state index < -0.39 is 23.7 Å². The van der Waals surface area contributed by atoms with Crippen molar-refractivity contribution in [3.05, 3.63) is 41.9 Å². The molecule has 1 unspecified atom stereocenters. The maximum absolute atomic E-state index is 13.1. The van der Waals surface area contributed by atoms with Gasteiger partial charge in [-0.2, -0.15) is 13.2 Å². The second kappa shape index (κ2) is 9.07. The molecule has 0 amide bonds. The standard InChI is InChI=1S/C19H28F3N3O/c1-6-8-25(13(5)17(26)12(3)4)11-14(7-2)15-9-16(19(20,21)22)18(23)24-10-15/h9-12,17,26H,5-8H2,1-4H3,(H2,23,24)/b14-11+. The van der Waals surface area contributed by atoms with Gasteiger partial charge in [-0.3, -0.25) is 0 Å². The Hall–Kier alpha value is -2.02. The topological polar surface area (TPSA) is 62.4 Å². The number of aliphatic hydroxyl groups excluding tert-OH is 1. The zero-order chi connectivity index (χ0) is 20.1. The minimum Gasteiger partial charge on any atom is -0.387 e. The van der Waals surface area contributed by atoms with Crippen LogP contribution in [0.15, 0.2) is 30.7 Å². The lowest BCUT2D eigenvalue weighted by molar-refractivity contribution is -0.137. The number of nitrogens with two attached hydrogens (primary N) is 1. The van der Waals surface area contributed by atoms with E-state index in [1.54, 1.807) is 11.1 Å². The van der Waals surface area contributed by atoms with Crippen LogP contribution in [-0.2, 0) is 6.18 Å². The van der Waals surface area contributed by atoms with Crippen LogP contribution in [0.4, 0.5) is 19.0 Å². The normalized spacial score (nSPS) is 13.8. The van der Waals surface area contributed by atoms with E-state index in [0.717, 1.165) is 12.5 Å². The number of nitrogen functional groups attached to an aromatic ring is 1. The minimum atomic E-state index is -4.56. The summed E-state index contributed by atoms with van der Waals surface area (Å²) in [5.41, 5.74) is 5.96. The Balaban J connectivity index is 3.32. The van der Waals surface area contributed by atoms with Crippen molar-refractivity contribution < 1.29 is 18.3 Å². The highest BCUT2D eigenvalue weighted by Crippen LogP contribution is 2.34. The number of hydrogen-bond acceptors (Lipinski definition) is 4. The highest BCUT2D eigenvalue weighted by atomic mass is 19.4. The fourth-order valence-electron chi connectivity index (χ4n) is 2.52. The third-order valence-electron chi connectivity index (χ3n) is 4.09. The van der Waals surface area contributed by atoms with Crippen molar-refractivity contribution in [2.75, 3.05) is 12.3 Å². The Morgan fingerprint density at radius 3 is 2.46 bits per heavy atom. The molecule has 0 bridgehead atoms. The second-order valence-electron chi connectivity index (χ2n) is 6.54. The number of allylic oxidation sites excluding steroid dienone is 1. The number of pyridine rings is 1. The summed E-state index contributed by atoms with van der Waals surface area (Å²) >= 11 is 0. The van der Waals surface area contributed by atoms with Crippen LogP contribution in [0.25, 0.3) is 5.57 Å². The molecule has 1 aromatic heterocycles. The maximum Gasteiger partial charge on any atom is 0.419 e. The van der Waals surface area contributed by atoms with Gasteiger partial charge >= 0.3 is 6.18 Å². The smallest absolute Gasteiger partial charge is 0.387 e. The molecule has 0 aliphatic rings. The summed E-state index contributed by atoms with van der Waals surface area (Å²) in [6, 6.07) is 1.02. The first-order valence-corrected chi connectivity index (χ1v) is 8.70. The summed E-state index contributed by atoms with van der Waals surface area (Å²) in [5.74, 6) is -0.558. The van der Waals surface area contributed by atoms with Gasteiger partial charge in [0.05, 0.1) is 11.7 Å². The van der Waals surface area contributed by atoms with Crippen molar-refractivity contribution >= 4 is 11.4 Å². The largest absolute Gasteiger partial charge is 0.419 e. The molecule has 0 aliphatic heterocycles. The molecule has 0 radical (unpaired) electrons. The van der Waals surface area contributed by atoms with Gasteiger partial charge in [0.1, 0.15) is 5.82 Å². The van der Waals surface area contributed by atoms with Crippen molar-refractivity contribution in [3.8, 4) is 0 Å². The summed E-state index contributed by atoms with van der Waals surface area (Å²) in [6.45, 7) is 12.1. The van der Waals surface area contributed by atoms with Crippen LogP contribution in [0.3, 0.4) is 0 Å². The zero-order valence-corrected chi connectivity index (χ0v) is 15.8. The number of aromatic nitrogens is 1. The van der Waals surface area contributed by atoms with Crippen molar-refractivity contribution in [1.29, 1.82) is 0 Å². The van der Waals surface area contributed by atoms with E-state index in [4.69, 9.17) is 5.73 Å². The molecule has 7 heteroatoms. The molecule has 146 valence electrons. The van der Waals surface area contributed by atoms with Crippen LogP contribution in [0, 0.1) is 5.92 Å². The van der Waals surface area contributed by atoms with Crippen LogP contribution < -0.4 is 5.73 Å². The first-order valence-electron chi connectivity index (χ1n) is 8.70.